The Morgan fingerprint density at radius 3 is 2.64 bits per heavy atom. The first kappa shape index (κ1) is 25.3. The quantitative estimate of drug-likeness (QED) is 0.244. The third kappa shape index (κ3) is 5.86. The number of hydrogen-bond donors (Lipinski definition) is 3. The second-order valence-electron chi connectivity index (χ2n) is 8.93. The number of halogens is 1. The first-order chi connectivity index (χ1) is 17.3. The van der Waals surface area contributed by atoms with Crippen molar-refractivity contribution in [3.05, 3.63) is 83.8 Å². The van der Waals surface area contributed by atoms with Gasteiger partial charge in [-0.05, 0) is 79.4 Å². The van der Waals surface area contributed by atoms with Gasteiger partial charge in [0.05, 0.1) is 18.8 Å². The van der Waals surface area contributed by atoms with Gasteiger partial charge >= 0.3 is 0 Å². The largest absolute Gasteiger partial charge is 0.494 e. The second-order valence-corrected chi connectivity index (χ2v) is 8.93. The van der Waals surface area contributed by atoms with Gasteiger partial charge in [-0.25, -0.2) is 4.39 Å². The van der Waals surface area contributed by atoms with Crippen LogP contribution in [0.15, 0.2) is 66.9 Å². The summed E-state index contributed by atoms with van der Waals surface area (Å²) in [6.45, 7) is 6.44. The van der Waals surface area contributed by atoms with Crippen LogP contribution in [0.1, 0.15) is 43.1 Å². The van der Waals surface area contributed by atoms with E-state index in [2.05, 4.69) is 10.3 Å². The fourth-order valence-corrected chi connectivity index (χ4v) is 4.18. The maximum atomic E-state index is 13.8. The summed E-state index contributed by atoms with van der Waals surface area (Å²) in [5, 5.41) is 14.5. The number of aromatic nitrogens is 1. The number of aliphatic hydroxyl groups is 1. The zero-order valence-electron chi connectivity index (χ0n) is 20.7. The molecule has 0 aliphatic heterocycles. The highest BCUT2D eigenvalue weighted by Gasteiger charge is 2.27. The fraction of sp³-hybridized carbons (Fsp3) is 0.276. The number of H-pyrrole nitrogens is 1. The van der Waals surface area contributed by atoms with Gasteiger partial charge in [0.1, 0.15) is 23.0 Å². The van der Waals surface area contributed by atoms with Crippen molar-refractivity contribution in [2.75, 3.05) is 13.2 Å². The molecule has 1 unspecified atom stereocenters. The van der Waals surface area contributed by atoms with E-state index in [1.165, 1.54) is 19.1 Å². The molecule has 7 heteroatoms. The third-order valence-electron chi connectivity index (χ3n) is 5.81. The van der Waals surface area contributed by atoms with E-state index in [9.17, 15) is 14.3 Å². The van der Waals surface area contributed by atoms with Crippen LogP contribution in [0.5, 0.6) is 11.5 Å². The number of rotatable bonds is 10. The molecule has 4 aromatic rings. The molecule has 0 radical (unpaired) electrons. The Morgan fingerprint density at radius 1 is 1.06 bits per heavy atom. The van der Waals surface area contributed by atoms with Crippen LogP contribution in [0, 0.1) is 5.82 Å². The molecule has 0 aliphatic carbocycles. The minimum Gasteiger partial charge on any atom is -0.494 e. The molecule has 3 N–H and O–H groups in total. The summed E-state index contributed by atoms with van der Waals surface area (Å²) in [6.07, 6.45) is 2.59. The van der Waals surface area contributed by atoms with Crippen LogP contribution in [0.3, 0.4) is 0 Å². The normalized spacial score (nSPS) is 12.8. The Morgan fingerprint density at radius 2 is 1.86 bits per heavy atom. The monoisotopic (exact) mass is 490 g/mol. The molecule has 1 amide bonds. The summed E-state index contributed by atoms with van der Waals surface area (Å²) in [7, 11) is 0. The Labute approximate surface area is 210 Å². The van der Waals surface area contributed by atoms with Crippen molar-refractivity contribution < 1.29 is 23.8 Å². The van der Waals surface area contributed by atoms with Crippen molar-refractivity contribution >= 4 is 16.8 Å². The number of carbonyl (C=O) groups excluding carboxylic acids is 1. The number of amides is 1. The van der Waals surface area contributed by atoms with Gasteiger partial charge in [-0.3, -0.25) is 4.79 Å². The van der Waals surface area contributed by atoms with Crippen LogP contribution < -0.4 is 14.8 Å². The molecule has 1 atom stereocenters. The molecule has 3 aromatic carbocycles. The van der Waals surface area contributed by atoms with Crippen LogP contribution in [-0.4, -0.2) is 34.9 Å². The maximum absolute atomic E-state index is 13.8. The number of ether oxygens (including phenoxy) is 2. The number of aromatic amines is 1. The van der Waals surface area contributed by atoms with Crippen molar-refractivity contribution in [1.29, 1.82) is 0 Å². The Kier molecular flexibility index (Phi) is 7.60. The van der Waals surface area contributed by atoms with Gasteiger partial charge in [-0.1, -0.05) is 25.1 Å². The highest BCUT2D eigenvalue weighted by atomic mass is 19.1. The zero-order chi connectivity index (χ0) is 25.7. The molecule has 0 saturated carbocycles. The molecule has 1 aromatic heterocycles. The number of nitrogens with one attached hydrogen (secondary N) is 2. The van der Waals surface area contributed by atoms with E-state index in [-0.39, 0.29) is 12.2 Å². The summed E-state index contributed by atoms with van der Waals surface area (Å²) in [5.74, 6) is 0.337. The number of carbonyl (C=O) groups is 1. The Hall–Kier alpha value is -3.84. The van der Waals surface area contributed by atoms with Crippen molar-refractivity contribution in [1.82, 2.24) is 10.3 Å². The van der Waals surface area contributed by atoms with Crippen LogP contribution in [0.4, 0.5) is 4.39 Å². The van der Waals surface area contributed by atoms with E-state index in [1.807, 2.05) is 44.2 Å². The van der Waals surface area contributed by atoms with Gasteiger partial charge in [-0.15, -0.1) is 0 Å². The molecule has 1 heterocycles. The van der Waals surface area contributed by atoms with E-state index in [0.29, 0.717) is 35.5 Å². The predicted octanol–water partition coefficient (Wildman–Crippen LogP) is 5.84. The van der Waals surface area contributed by atoms with Crippen molar-refractivity contribution in [2.24, 2.45) is 0 Å². The van der Waals surface area contributed by atoms with E-state index in [1.54, 1.807) is 24.4 Å². The molecule has 0 spiro atoms. The molecule has 0 fully saturated rings. The smallest absolute Gasteiger partial charge is 0.257 e. The molecule has 6 nitrogen and oxygen atoms in total. The summed E-state index contributed by atoms with van der Waals surface area (Å²) < 4.78 is 25.2. The van der Waals surface area contributed by atoms with Crippen molar-refractivity contribution in [2.45, 2.75) is 39.3 Å². The predicted molar refractivity (Wildman–Crippen MR) is 139 cm³/mol. The van der Waals surface area contributed by atoms with Gasteiger partial charge < -0.3 is 24.9 Å². The van der Waals surface area contributed by atoms with E-state index in [0.717, 1.165) is 28.8 Å². The average molecular weight is 491 g/mol. The van der Waals surface area contributed by atoms with Gasteiger partial charge in [0.25, 0.3) is 5.91 Å². The summed E-state index contributed by atoms with van der Waals surface area (Å²) in [5.41, 5.74) is 1.88. The van der Waals surface area contributed by atoms with Crippen LogP contribution in [-0.2, 0) is 6.42 Å². The lowest BCUT2D eigenvalue weighted by Gasteiger charge is -2.25. The van der Waals surface area contributed by atoms with Gasteiger partial charge in [0.15, 0.2) is 0 Å². The lowest BCUT2D eigenvalue weighted by molar-refractivity contribution is 0.0234. The van der Waals surface area contributed by atoms with E-state index >= 15 is 0 Å². The molecule has 0 aliphatic rings. The SMILES string of the molecule is CCCOc1ccc(-c2cccc(OCC)c2)cc1C(=O)NC(C)(O)Cc1c[nH]c2ccc(F)cc12. The van der Waals surface area contributed by atoms with E-state index in [4.69, 9.17) is 9.47 Å². The van der Waals surface area contributed by atoms with Crippen LogP contribution in [0.25, 0.3) is 22.0 Å². The summed E-state index contributed by atoms with van der Waals surface area (Å²) in [4.78, 5) is 16.5. The Bertz CT molecular complexity index is 1360. The third-order valence-corrected chi connectivity index (χ3v) is 5.81. The van der Waals surface area contributed by atoms with Gasteiger partial charge in [-0.2, -0.15) is 0 Å². The molecule has 0 saturated heterocycles. The van der Waals surface area contributed by atoms with Crippen molar-refractivity contribution in [3.63, 3.8) is 0 Å². The highest BCUT2D eigenvalue weighted by Crippen LogP contribution is 2.30. The molecule has 36 heavy (non-hydrogen) atoms. The van der Waals surface area contributed by atoms with Crippen molar-refractivity contribution in [3.8, 4) is 22.6 Å². The molecular weight excluding hydrogens is 459 g/mol. The molecular formula is C29H31FN2O4. The summed E-state index contributed by atoms with van der Waals surface area (Å²) in [6, 6.07) is 17.5. The zero-order valence-corrected chi connectivity index (χ0v) is 20.7. The lowest BCUT2D eigenvalue weighted by Crippen LogP contribution is -2.47. The summed E-state index contributed by atoms with van der Waals surface area (Å²) >= 11 is 0. The first-order valence-electron chi connectivity index (χ1n) is 12.1. The minimum absolute atomic E-state index is 0.0867. The van der Waals surface area contributed by atoms with E-state index < -0.39 is 11.6 Å². The lowest BCUT2D eigenvalue weighted by atomic mass is 10.00. The van der Waals surface area contributed by atoms with Crippen LogP contribution in [0.2, 0.25) is 0 Å². The topological polar surface area (TPSA) is 83.6 Å². The van der Waals surface area contributed by atoms with Gasteiger partial charge in [0.2, 0.25) is 0 Å². The number of fused-ring (bicyclic) bond motifs is 1. The maximum Gasteiger partial charge on any atom is 0.257 e. The highest BCUT2D eigenvalue weighted by molar-refractivity contribution is 5.98. The van der Waals surface area contributed by atoms with Crippen LogP contribution >= 0.6 is 0 Å². The van der Waals surface area contributed by atoms with Gasteiger partial charge in [0, 0.05) is 23.5 Å². The second kappa shape index (κ2) is 10.8. The molecule has 0 bridgehead atoms. The molecule has 188 valence electrons. The number of hydrogen-bond acceptors (Lipinski definition) is 4. The first-order valence-corrected chi connectivity index (χ1v) is 12.1. The average Bonchev–Trinajstić information content (AvgIpc) is 3.23. The standard InChI is InChI=1S/C29H31FN2O4/c1-4-13-36-27-12-9-20(19-7-6-8-23(14-19)35-5-2)15-25(27)28(33)32-29(3,34)17-21-18-31-26-11-10-22(30)16-24(21)26/h6-12,14-16,18,31,34H,4-5,13,17H2,1-3H3,(H,32,33). The number of benzene rings is 3. The minimum atomic E-state index is -1.59. The fourth-order valence-electron chi connectivity index (χ4n) is 4.18. The Balaban J connectivity index is 1.61. The molecule has 4 rings (SSSR count).